The Labute approximate surface area is 74.0 Å². The van der Waals surface area contributed by atoms with Gasteiger partial charge in [0.05, 0.1) is 0 Å². The first-order chi connectivity index (χ1) is 2.00. The Morgan fingerprint density at radius 3 is 1.29 bits per heavy atom. The van der Waals surface area contributed by atoms with Crippen LogP contribution in [0.1, 0.15) is 2.85 Å². The van der Waals surface area contributed by atoms with E-state index in [2.05, 4.69) is 0 Å². The van der Waals surface area contributed by atoms with Crippen LogP contribution in [0.5, 0.6) is 0 Å². The molecule has 0 saturated carbocycles. The molecule has 0 atom stereocenters. The molecule has 7 heteroatoms. The summed E-state index contributed by atoms with van der Waals surface area (Å²) in [7, 11) is -4.67. The molecule has 0 heterocycles. The number of hydrogen-bond acceptors (Lipinski definition) is 2. The van der Waals surface area contributed by atoms with Crippen molar-refractivity contribution < 1.29 is 40.8 Å². The van der Waals surface area contributed by atoms with Crippen LogP contribution in [0.15, 0.2) is 0 Å². The van der Waals surface area contributed by atoms with E-state index in [0.29, 0.717) is 0 Å². The first-order valence-electron chi connectivity index (χ1n) is 0.698. The van der Waals surface area contributed by atoms with Gasteiger partial charge in [0, 0.05) is 20.4 Å². The first kappa shape index (κ1) is 15.7. The molecule has 0 fully saturated rings. The van der Waals surface area contributed by atoms with Crippen molar-refractivity contribution >= 4 is 33.5 Å². The molecule has 4 nitrogen and oxygen atoms in total. The molecule has 0 unspecified atom stereocenters. The molecule has 46 valence electrons. The Bertz CT molecular complexity index is 102. The normalized spacial score (nSPS) is 8.29. The summed E-state index contributed by atoms with van der Waals surface area (Å²) in [4.78, 5) is 0. The van der Waals surface area contributed by atoms with Crippen LogP contribution in [0.3, 0.4) is 0 Å². The molecule has 2 N–H and O–H groups in total. The van der Waals surface area contributed by atoms with E-state index in [0.717, 1.165) is 0 Å². The molecule has 0 bridgehead atoms. The Balaban J connectivity index is -0.0000000133. The van der Waals surface area contributed by atoms with Crippen LogP contribution in [0.2, 0.25) is 0 Å². The molecule has 0 spiro atoms. The summed E-state index contributed by atoms with van der Waals surface area (Å²) in [5, 5.41) is 0. The molecule has 0 radical (unpaired) electrons. The average Bonchev–Trinajstić information content (AvgIpc) is 0.722. The number of hydrogen-bond donors (Lipinski definition) is 2. The second-order valence-electron chi connectivity index (χ2n) is 0.448. The summed E-state index contributed by atoms with van der Waals surface area (Å²) < 4.78 is 31.6. The molecule has 0 aromatic rings. The minimum absolute atomic E-state index is 0. The Hall–Kier alpha value is 1.30. The third-order valence-corrected chi connectivity index (χ3v) is 0. The predicted molar refractivity (Wildman–Crippen MR) is 22.2 cm³/mol. The van der Waals surface area contributed by atoms with E-state index in [4.69, 9.17) is 17.5 Å². The van der Waals surface area contributed by atoms with Crippen molar-refractivity contribution in [3.63, 3.8) is 0 Å². The Morgan fingerprint density at radius 2 is 1.29 bits per heavy atom. The van der Waals surface area contributed by atoms with Crippen LogP contribution in [0, 0.1) is 0 Å². The van der Waals surface area contributed by atoms with Crippen LogP contribution in [-0.2, 0) is 30.8 Å². The van der Waals surface area contributed by atoms with Gasteiger partial charge in [0.2, 0.25) is 0 Å². The summed E-state index contributed by atoms with van der Waals surface area (Å²) in [5.74, 6) is 0. The second-order valence-corrected chi connectivity index (χ2v) is 1.34. The van der Waals surface area contributed by atoms with Gasteiger partial charge < -0.3 is 2.85 Å². The fourth-order valence-electron chi connectivity index (χ4n) is 0. The van der Waals surface area contributed by atoms with Crippen molar-refractivity contribution in [3.05, 3.63) is 0 Å². The van der Waals surface area contributed by atoms with Crippen LogP contribution < -0.4 is 0 Å². The molecule has 7 heavy (non-hydrogen) atoms. The Kier molecular flexibility index (Phi) is 12.2. The summed E-state index contributed by atoms with van der Waals surface area (Å²) in [6.45, 7) is 0. The molecule has 0 aromatic carbocycles. The van der Waals surface area contributed by atoms with Gasteiger partial charge in [-0.25, -0.2) is 0 Å². The first-order valence-corrected chi connectivity index (χ1v) is 2.10. The van der Waals surface area contributed by atoms with Gasteiger partial charge in [-0.2, -0.15) is 8.42 Å². The maximum Gasteiger partial charge on any atom is 2.00 e. The van der Waals surface area contributed by atoms with Crippen LogP contribution in [0.25, 0.3) is 0 Å². The standard InChI is InChI=1S/Mg.H2O4S.Pd.2H/c;1-5(2,3)4;;;/h;(H2,1,2,3,4);;;/q+2;;;2*-1. The van der Waals surface area contributed by atoms with E-state index in [9.17, 15) is 0 Å². The third kappa shape index (κ3) is 122. The molecule has 0 saturated heterocycles. The van der Waals surface area contributed by atoms with E-state index in [-0.39, 0.29) is 46.3 Å². The summed E-state index contributed by atoms with van der Waals surface area (Å²) in [6.07, 6.45) is 0. The monoisotopic (exact) mass is 230 g/mol. The fraction of sp³-hybridized carbons (Fsp3) is 0. The smallest absolute Gasteiger partial charge is 1.00 e. The van der Waals surface area contributed by atoms with E-state index in [1.807, 2.05) is 0 Å². The van der Waals surface area contributed by atoms with Crippen LogP contribution in [-0.4, -0.2) is 40.6 Å². The largest absolute Gasteiger partial charge is 2.00 e. The maximum absolute atomic E-state index is 8.74. The summed E-state index contributed by atoms with van der Waals surface area (Å²) in [5.41, 5.74) is 0. The van der Waals surface area contributed by atoms with Crippen molar-refractivity contribution in [3.8, 4) is 0 Å². The SMILES string of the molecule is O=S(=O)(O)O.[H-].[H-].[Mg+2].[Pd]. The molecule has 0 amide bonds. The zero-order valence-electron chi connectivity index (χ0n) is 5.14. The van der Waals surface area contributed by atoms with E-state index >= 15 is 0 Å². The van der Waals surface area contributed by atoms with Crippen LogP contribution >= 0.6 is 0 Å². The Morgan fingerprint density at radius 1 is 1.29 bits per heavy atom. The van der Waals surface area contributed by atoms with E-state index in [1.54, 1.807) is 0 Å². The summed E-state index contributed by atoms with van der Waals surface area (Å²) in [6, 6.07) is 0. The molecular formula is H4MgO4PdS. The van der Waals surface area contributed by atoms with E-state index in [1.165, 1.54) is 0 Å². The van der Waals surface area contributed by atoms with Crippen molar-refractivity contribution in [1.82, 2.24) is 0 Å². The van der Waals surface area contributed by atoms with E-state index < -0.39 is 10.4 Å². The summed E-state index contributed by atoms with van der Waals surface area (Å²) >= 11 is 0. The van der Waals surface area contributed by atoms with Gasteiger partial charge in [0.15, 0.2) is 0 Å². The molecule has 0 aromatic heterocycles. The van der Waals surface area contributed by atoms with Gasteiger partial charge in [0.25, 0.3) is 0 Å². The second kappa shape index (κ2) is 5.44. The topological polar surface area (TPSA) is 74.6 Å². The van der Waals surface area contributed by atoms with Gasteiger partial charge >= 0.3 is 33.5 Å². The van der Waals surface area contributed by atoms with Gasteiger partial charge in [-0.15, -0.1) is 0 Å². The third-order valence-electron chi connectivity index (χ3n) is 0. The maximum atomic E-state index is 8.74. The molecule has 0 aliphatic carbocycles. The number of rotatable bonds is 0. The molecule has 0 aliphatic heterocycles. The minimum Gasteiger partial charge on any atom is -1.00 e. The quantitative estimate of drug-likeness (QED) is 0.422. The van der Waals surface area contributed by atoms with Gasteiger partial charge in [-0.3, -0.25) is 9.11 Å². The minimum atomic E-state index is -4.67. The van der Waals surface area contributed by atoms with Gasteiger partial charge in [0.1, 0.15) is 0 Å². The zero-order chi connectivity index (χ0) is 4.50. The van der Waals surface area contributed by atoms with Crippen molar-refractivity contribution in [2.24, 2.45) is 0 Å². The van der Waals surface area contributed by atoms with Crippen molar-refractivity contribution in [2.45, 2.75) is 0 Å². The van der Waals surface area contributed by atoms with Crippen LogP contribution in [0.4, 0.5) is 0 Å². The van der Waals surface area contributed by atoms with Crippen molar-refractivity contribution in [2.75, 3.05) is 0 Å². The molecular weight excluding hydrogens is 227 g/mol. The van der Waals surface area contributed by atoms with Crippen molar-refractivity contribution in [1.29, 1.82) is 0 Å². The van der Waals surface area contributed by atoms with Gasteiger partial charge in [-0.1, -0.05) is 0 Å². The fourth-order valence-corrected chi connectivity index (χ4v) is 0. The zero-order valence-corrected chi connectivity index (χ0v) is 6.93. The average molecular weight is 231 g/mol. The van der Waals surface area contributed by atoms with Gasteiger partial charge in [-0.05, 0) is 0 Å². The predicted octanol–water partition coefficient (Wildman–Crippen LogP) is -0.811. The molecule has 0 aliphatic rings. The molecule has 0 rings (SSSR count).